The first-order valence-corrected chi connectivity index (χ1v) is 16.3. The van der Waals surface area contributed by atoms with Crippen LogP contribution >= 0.6 is 11.6 Å². The number of anilines is 2. The van der Waals surface area contributed by atoms with E-state index in [0.29, 0.717) is 12.1 Å². The molecule has 1 aliphatic rings. The highest BCUT2D eigenvalue weighted by Crippen LogP contribution is 2.35. The van der Waals surface area contributed by atoms with Crippen molar-refractivity contribution < 1.29 is 22.8 Å². The number of carbonyl (C=O) groups is 2. The Morgan fingerprint density at radius 2 is 1.70 bits per heavy atom. The monoisotopic (exact) mass is 670 g/mol. The summed E-state index contributed by atoms with van der Waals surface area (Å²) in [7, 11) is 2.05. The number of carbonyl (C=O) groups excluding carboxylic acids is 2. The van der Waals surface area contributed by atoms with Gasteiger partial charge in [0.1, 0.15) is 0 Å². The maximum atomic E-state index is 13.4. The van der Waals surface area contributed by atoms with Crippen LogP contribution in [0.1, 0.15) is 70.5 Å². The third kappa shape index (κ3) is 10.3. The van der Waals surface area contributed by atoms with Crippen molar-refractivity contribution in [3.05, 3.63) is 93.5 Å². The average Bonchev–Trinajstić information content (AvgIpc) is 3.06. The maximum Gasteiger partial charge on any atom is 0.417 e. The molecule has 0 aliphatic carbocycles. The van der Waals surface area contributed by atoms with Crippen molar-refractivity contribution in [1.82, 2.24) is 15.2 Å². The first-order valence-electron chi connectivity index (χ1n) is 15.9. The van der Waals surface area contributed by atoms with Crippen molar-refractivity contribution in [3.8, 4) is 0 Å². The van der Waals surface area contributed by atoms with Gasteiger partial charge in [-0.3, -0.25) is 9.59 Å². The van der Waals surface area contributed by atoms with Gasteiger partial charge in [0.25, 0.3) is 11.8 Å². The van der Waals surface area contributed by atoms with E-state index in [-0.39, 0.29) is 22.7 Å². The van der Waals surface area contributed by atoms with Crippen LogP contribution in [0.5, 0.6) is 0 Å². The molecule has 2 amide bonds. The Morgan fingerprint density at radius 1 is 0.957 bits per heavy atom. The third-order valence-electron chi connectivity index (χ3n) is 8.23. The summed E-state index contributed by atoms with van der Waals surface area (Å²) >= 11 is 5.71. The summed E-state index contributed by atoms with van der Waals surface area (Å²) in [6.45, 7) is 10.5. The van der Waals surface area contributed by atoms with E-state index in [0.717, 1.165) is 88.1 Å². The minimum Gasteiger partial charge on any atom is -0.372 e. The van der Waals surface area contributed by atoms with Crippen molar-refractivity contribution in [2.45, 2.75) is 45.8 Å². The third-order valence-corrected chi connectivity index (χ3v) is 8.56. The number of piperidine rings is 1. The molecule has 3 aromatic carbocycles. The van der Waals surface area contributed by atoms with Gasteiger partial charge in [-0.05, 0) is 93.0 Å². The normalized spacial score (nSPS) is 13.9. The summed E-state index contributed by atoms with van der Waals surface area (Å²) in [5, 5.41) is 6.35. The number of nitrogens with zero attached hydrogens (tertiary/aromatic N) is 4. The molecule has 1 fully saturated rings. The van der Waals surface area contributed by atoms with Crippen LogP contribution in [0.4, 0.5) is 24.5 Å². The second-order valence-corrected chi connectivity index (χ2v) is 12.0. The Bertz CT molecular complexity index is 1550. The zero-order valence-corrected chi connectivity index (χ0v) is 27.8. The molecule has 12 heteroatoms. The molecule has 8 nitrogen and oxygen atoms in total. The van der Waals surface area contributed by atoms with E-state index in [1.54, 1.807) is 18.2 Å². The number of halogens is 4. The zero-order valence-electron chi connectivity index (χ0n) is 27.0. The predicted molar refractivity (Wildman–Crippen MR) is 183 cm³/mol. The van der Waals surface area contributed by atoms with Gasteiger partial charge in [0.05, 0.1) is 28.1 Å². The summed E-state index contributed by atoms with van der Waals surface area (Å²) < 4.78 is 39.8. The Morgan fingerprint density at radius 3 is 2.40 bits per heavy atom. The minimum absolute atomic E-state index is 0.108. The van der Waals surface area contributed by atoms with Gasteiger partial charge < -0.3 is 20.0 Å². The molecule has 3 aromatic rings. The first kappa shape index (κ1) is 35.9. The Hall–Kier alpha value is -3.93. The largest absolute Gasteiger partial charge is 0.417 e. The summed E-state index contributed by atoms with van der Waals surface area (Å²) in [5.74, 6) is -0.995. The molecule has 4 rings (SSSR count). The van der Waals surface area contributed by atoms with E-state index in [4.69, 9.17) is 11.6 Å². The summed E-state index contributed by atoms with van der Waals surface area (Å²) in [6.07, 6.45) is -0.315. The quantitative estimate of drug-likeness (QED) is 0.149. The van der Waals surface area contributed by atoms with Crippen LogP contribution in [0, 0.1) is 0 Å². The lowest BCUT2D eigenvalue weighted by Crippen LogP contribution is -2.32. The lowest BCUT2D eigenvalue weighted by molar-refractivity contribution is -0.137. The zero-order chi connectivity index (χ0) is 34.0. The van der Waals surface area contributed by atoms with Crippen LogP contribution < -0.4 is 15.6 Å². The van der Waals surface area contributed by atoms with Gasteiger partial charge in [-0.15, -0.1) is 0 Å². The number of rotatable bonds is 13. The van der Waals surface area contributed by atoms with Crippen LogP contribution in [0.15, 0.2) is 65.8 Å². The molecule has 0 saturated carbocycles. The van der Waals surface area contributed by atoms with E-state index in [1.165, 1.54) is 6.07 Å². The van der Waals surface area contributed by atoms with Crippen molar-refractivity contribution in [2.75, 3.05) is 56.5 Å². The maximum absolute atomic E-state index is 13.4. The number of amides is 2. The Balaban J connectivity index is 1.51. The smallest absolute Gasteiger partial charge is 0.372 e. The fourth-order valence-corrected chi connectivity index (χ4v) is 5.72. The molecule has 47 heavy (non-hydrogen) atoms. The molecule has 0 atom stereocenters. The lowest BCUT2D eigenvalue weighted by Gasteiger charge is -2.29. The van der Waals surface area contributed by atoms with E-state index < -0.39 is 22.7 Å². The summed E-state index contributed by atoms with van der Waals surface area (Å²) in [5.41, 5.74) is 4.25. The van der Waals surface area contributed by atoms with Gasteiger partial charge in [-0.25, -0.2) is 5.43 Å². The fourth-order valence-electron chi connectivity index (χ4n) is 5.49. The molecule has 0 unspecified atom stereocenters. The van der Waals surface area contributed by atoms with Crippen molar-refractivity contribution >= 4 is 41.0 Å². The number of likely N-dealkylation sites (N-methyl/N-ethyl adjacent to an activating group) is 2. The van der Waals surface area contributed by atoms with Gasteiger partial charge in [0.2, 0.25) is 0 Å². The van der Waals surface area contributed by atoms with E-state index in [9.17, 15) is 22.8 Å². The topological polar surface area (TPSA) is 80.3 Å². The van der Waals surface area contributed by atoms with Gasteiger partial charge in [0, 0.05) is 44.0 Å². The van der Waals surface area contributed by atoms with Gasteiger partial charge in [-0.2, -0.15) is 18.3 Å². The standard InChI is InChI=1S/C35H42ClF3N6O2/c1-4-44(5-2)19-18-43(3)24-26-10-9-11-27(20-26)33(46)41-32-15-13-28(45-16-7-6-8-17-45)22-29(32)34(47)42-40-23-25-12-14-31(36)30(21-25)35(37,38)39/h9-15,20-23H,4-8,16-19,24H2,1-3H3,(H,41,46)(H,42,47)/b40-23+. The molecule has 0 spiro atoms. The highest BCUT2D eigenvalue weighted by atomic mass is 35.5. The molecule has 0 aromatic heterocycles. The number of alkyl halides is 3. The molecule has 1 heterocycles. The van der Waals surface area contributed by atoms with Gasteiger partial charge in [-0.1, -0.05) is 43.6 Å². The van der Waals surface area contributed by atoms with Crippen LogP contribution in [-0.2, 0) is 12.7 Å². The molecule has 0 bridgehead atoms. The Kier molecular flexibility index (Phi) is 12.8. The highest BCUT2D eigenvalue weighted by Gasteiger charge is 2.33. The predicted octanol–water partition coefficient (Wildman–Crippen LogP) is 7.14. The van der Waals surface area contributed by atoms with Crippen molar-refractivity contribution in [3.63, 3.8) is 0 Å². The van der Waals surface area contributed by atoms with Gasteiger partial charge >= 0.3 is 6.18 Å². The molecule has 2 N–H and O–H groups in total. The van der Waals surface area contributed by atoms with Crippen molar-refractivity contribution in [1.29, 1.82) is 0 Å². The number of nitrogens with one attached hydrogen (secondary N) is 2. The summed E-state index contributed by atoms with van der Waals surface area (Å²) in [4.78, 5) is 33.6. The molecular formula is C35H42ClF3N6O2. The second-order valence-electron chi connectivity index (χ2n) is 11.6. The van der Waals surface area contributed by atoms with E-state index in [2.05, 4.69) is 51.4 Å². The highest BCUT2D eigenvalue weighted by molar-refractivity contribution is 6.31. The number of hydrazone groups is 1. The fraction of sp³-hybridized carbons (Fsp3) is 0.400. The number of hydrogen-bond acceptors (Lipinski definition) is 6. The van der Waals surface area contributed by atoms with Crippen LogP contribution in [0.2, 0.25) is 5.02 Å². The SMILES string of the molecule is CCN(CC)CCN(C)Cc1cccc(C(=O)Nc2ccc(N3CCCCC3)cc2C(=O)N/N=C/c2ccc(Cl)c(C(F)(F)F)c2)c1. The van der Waals surface area contributed by atoms with E-state index in [1.807, 2.05) is 24.3 Å². The molecular weight excluding hydrogens is 629 g/mol. The minimum atomic E-state index is -4.63. The first-order chi connectivity index (χ1) is 22.5. The lowest BCUT2D eigenvalue weighted by atomic mass is 10.1. The number of benzene rings is 3. The van der Waals surface area contributed by atoms with Crippen LogP contribution in [0.3, 0.4) is 0 Å². The van der Waals surface area contributed by atoms with E-state index >= 15 is 0 Å². The molecule has 0 radical (unpaired) electrons. The van der Waals surface area contributed by atoms with Crippen molar-refractivity contribution in [2.24, 2.45) is 5.10 Å². The van der Waals surface area contributed by atoms with Crippen LogP contribution in [0.25, 0.3) is 0 Å². The number of hydrogen-bond donors (Lipinski definition) is 2. The Labute approximate surface area is 279 Å². The molecule has 252 valence electrons. The average molecular weight is 671 g/mol. The molecule has 1 saturated heterocycles. The van der Waals surface area contributed by atoms with Crippen LogP contribution in [-0.4, -0.2) is 74.1 Å². The second kappa shape index (κ2) is 16.8. The summed E-state index contributed by atoms with van der Waals surface area (Å²) in [6, 6.07) is 16.0. The molecule has 1 aliphatic heterocycles. The van der Waals surface area contributed by atoms with Gasteiger partial charge in [0.15, 0.2) is 0 Å².